The Labute approximate surface area is 337 Å². The van der Waals surface area contributed by atoms with Crippen LogP contribution in [0.4, 0.5) is 0 Å². The van der Waals surface area contributed by atoms with Crippen molar-refractivity contribution in [2.24, 2.45) is 0 Å². The SMILES string of the molecule is O=P(c1ccccc1)(c1ccccc1)c1ccc(-c2cc(-c3cccc4c3nc(-c3ccccc3)c3cccc(-c5ccccc5)c34)nc(-c3ccccc3)n2)cc1. The molecule has 58 heavy (non-hydrogen) atoms. The Balaban J connectivity index is 1.19. The third-order valence-corrected chi connectivity index (χ3v) is 13.9. The number of pyridine rings is 1. The Bertz CT molecular complexity index is 3060. The first kappa shape index (κ1) is 35.2. The lowest BCUT2D eigenvalue weighted by molar-refractivity contribution is 0.592. The highest BCUT2D eigenvalue weighted by atomic mass is 31.2. The number of hydrogen-bond acceptors (Lipinski definition) is 4. The molecular weight excluding hydrogens is 726 g/mol. The Morgan fingerprint density at radius 2 is 0.828 bits per heavy atom. The van der Waals surface area contributed by atoms with Gasteiger partial charge in [0.15, 0.2) is 13.0 Å². The van der Waals surface area contributed by atoms with Gasteiger partial charge in [0.1, 0.15) is 0 Å². The smallest absolute Gasteiger partial charge is 0.171 e. The van der Waals surface area contributed by atoms with Gasteiger partial charge in [-0.3, -0.25) is 0 Å². The molecule has 0 N–H and O–H groups in total. The monoisotopic (exact) mass is 761 g/mol. The van der Waals surface area contributed by atoms with Crippen molar-refractivity contribution in [3.8, 4) is 56.3 Å². The van der Waals surface area contributed by atoms with E-state index >= 15 is 4.57 Å². The quantitative estimate of drug-likeness (QED) is 0.114. The summed E-state index contributed by atoms with van der Waals surface area (Å²) in [6.07, 6.45) is 0. The first-order valence-electron chi connectivity index (χ1n) is 19.4. The minimum atomic E-state index is -3.15. The minimum absolute atomic E-state index is 0.613. The molecule has 0 saturated heterocycles. The van der Waals surface area contributed by atoms with E-state index in [2.05, 4.69) is 97.1 Å². The van der Waals surface area contributed by atoms with Crippen molar-refractivity contribution in [1.29, 1.82) is 0 Å². The van der Waals surface area contributed by atoms with Crippen LogP contribution >= 0.6 is 7.14 Å². The van der Waals surface area contributed by atoms with Gasteiger partial charge < -0.3 is 4.57 Å². The van der Waals surface area contributed by atoms with E-state index in [1.54, 1.807) is 0 Å². The van der Waals surface area contributed by atoms with E-state index in [9.17, 15) is 0 Å². The molecule has 0 radical (unpaired) electrons. The first-order chi connectivity index (χ1) is 28.6. The maximum absolute atomic E-state index is 15.2. The maximum Gasteiger partial charge on any atom is 0.171 e. The second kappa shape index (κ2) is 15.0. The van der Waals surface area contributed by atoms with E-state index in [0.29, 0.717) is 5.82 Å². The molecule has 0 aliphatic rings. The van der Waals surface area contributed by atoms with Gasteiger partial charge in [-0.25, -0.2) is 15.0 Å². The number of benzene rings is 8. The number of nitrogens with zero attached hydrogens (tertiary/aromatic N) is 3. The van der Waals surface area contributed by atoms with Gasteiger partial charge in [-0.2, -0.15) is 0 Å². The van der Waals surface area contributed by atoms with Crippen molar-refractivity contribution in [2.75, 3.05) is 0 Å². The largest absolute Gasteiger partial charge is 0.309 e. The van der Waals surface area contributed by atoms with Gasteiger partial charge in [0.2, 0.25) is 0 Å². The zero-order valence-corrected chi connectivity index (χ0v) is 32.4. The van der Waals surface area contributed by atoms with Crippen LogP contribution in [0.25, 0.3) is 78.0 Å². The standard InChI is InChI=1S/C53H36N3OP/c57-58(41-24-12-4-13-25-41,42-26-14-5-15-27-42)43-34-32-38(33-35-43)48-36-49(55-53(54-48)40-22-10-3-11-23-40)45-29-17-31-47-50-44(37-18-6-1-7-19-37)28-16-30-46(50)51(56-52(45)47)39-20-8-2-9-21-39/h1-36H. The molecule has 10 rings (SSSR count). The van der Waals surface area contributed by atoms with Crippen molar-refractivity contribution >= 4 is 44.7 Å². The van der Waals surface area contributed by atoms with Crippen LogP contribution < -0.4 is 15.9 Å². The summed E-state index contributed by atoms with van der Waals surface area (Å²) in [5.41, 5.74) is 9.37. The molecule has 5 heteroatoms. The molecule has 0 atom stereocenters. The molecule has 0 aliphatic carbocycles. The summed E-state index contributed by atoms with van der Waals surface area (Å²) in [5, 5.41) is 5.65. The van der Waals surface area contributed by atoms with Crippen LogP contribution in [0.5, 0.6) is 0 Å². The van der Waals surface area contributed by atoms with Crippen molar-refractivity contribution in [3.05, 3.63) is 218 Å². The van der Waals surface area contributed by atoms with E-state index in [0.717, 1.165) is 88.1 Å². The van der Waals surface area contributed by atoms with Crippen LogP contribution in [0.2, 0.25) is 0 Å². The Hall–Kier alpha value is -7.26. The molecule has 0 bridgehead atoms. The molecule has 4 nitrogen and oxygen atoms in total. The van der Waals surface area contributed by atoms with Crippen molar-refractivity contribution < 1.29 is 4.57 Å². The highest BCUT2D eigenvalue weighted by Gasteiger charge is 2.29. The van der Waals surface area contributed by atoms with Gasteiger partial charge in [-0.15, -0.1) is 0 Å². The molecule has 10 aromatic rings. The minimum Gasteiger partial charge on any atom is -0.309 e. The van der Waals surface area contributed by atoms with Crippen LogP contribution in [0, 0.1) is 0 Å². The van der Waals surface area contributed by atoms with Crippen molar-refractivity contribution in [3.63, 3.8) is 0 Å². The third-order valence-electron chi connectivity index (χ3n) is 10.8. The zero-order valence-electron chi connectivity index (χ0n) is 31.5. The molecule has 2 heterocycles. The molecule has 0 amide bonds. The first-order valence-corrected chi connectivity index (χ1v) is 21.1. The average Bonchev–Trinajstić information content (AvgIpc) is 3.32. The van der Waals surface area contributed by atoms with E-state index in [4.69, 9.17) is 15.0 Å². The number of para-hydroxylation sites is 1. The van der Waals surface area contributed by atoms with Gasteiger partial charge in [0.25, 0.3) is 0 Å². The number of rotatable bonds is 8. The highest BCUT2D eigenvalue weighted by molar-refractivity contribution is 7.85. The Morgan fingerprint density at radius 1 is 0.345 bits per heavy atom. The van der Waals surface area contributed by atoms with Gasteiger partial charge in [-0.1, -0.05) is 212 Å². The molecule has 2 aromatic heterocycles. The lowest BCUT2D eigenvalue weighted by Gasteiger charge is -2.20. The fourth-order valence-electron chi connectivity index (χ4n) is 7.97. The van der Waals surface area contributed by atoms with Crippen LogP contribution in [0.1, 0.15) is 0 Å². The number of fused-ring (bicyclic) bond motifs is 3. The predicted molar refractivity (Wildman–Crippen MR) is 241 cm³/mol. The second-order valence-corrected chi connectivity index (χ2v) is 17.0. The second-order valence-electron chi connectivity index (χ2n) is 14.3. The molecule has 0 unspecified atom stereocenters. The maximum atomic E-state index is 15.2. The van der Waals surface area contributed by atoms with Crippen LogP contribution in [-0.4, -0.2) is 15.0 Å². The fourth-order valence-corrected chi connectivity index (χ4v) is 10.6. The van der Waals surface area contributed by atoms with E-state index in [1.165, 1.54) is 0 Å². The molecular formula is C53H36N3OP. The lowest BCUT2D eigenvalue weighted by Crippen LogP contribution is -2.24. The molecule has 0 saturated carbocycles. The molecule has 0 spiro atoms. The van der Waals surface area contributed by atoms with Crippen LogP contribution in [0.15, 0.2) is 218 Å². The third kappa shape index (κ3) is 6.30. The summed E-state index contributed by atoms with van der Waals surface area (Å²) in [5.74, 6) is 0.613. The number of hydrogen-bond donors (Lipinski definition) is 0. The zero-order chi connectivity index (χ0) is 38.9. The topological polar surface area (TPSA) is 55.7 Å². The highest BCUT2D eigenvalue weighted by Crippen LogP contribution is 2.44. The molecule has 0 aliphatic heterocycles. The summed E-state index contributed by atoms with van der Waals surface area (Å²) in [7, 11) is -3.15. The van der Waals surface area contributed by atoms with Crippen LogP contribution in [-0.2, 0) is 4.57 Å². The summed E-state index contributed by atoms with van der Waals surface area (Å²) < 4.78 is 15.2. The summed E-state index contributed by atoms with van der Waals surface area (Å²) in [6, 6.07) is 73.6. The van der Waals surface area contributed by atoms with Crippen molar-refractivity contribution in [1.82, 2.24) is 15.0 Å². The fraction of sp³-hybridized carbons (Fsp3) is 0. The normalized spacial score (nSPS) is 11.5. The average molecular weight is 762 g/mol. The van der Waals surface area contributed by atoms with Gasteiger partial charge >= 0.3 is 0 Å². The van der Waals surface area contributed by atoms with E-state index in [1.807, 2.05) is 121 Å². The van der Waals surface area contributed by atoms with Gasteiger partial charge in [0.05, 0.1) is 22.6 Å². The summed E-state index contributed by atoms with van der Waals surface area (Å²) in [4.78, 5) is 15.9. The molecule has 8 aromatic carbocycles. The molecule has 0 fully saturated rings. The van der Waals surface area contributed by atoms with Gasteiger partial charge in [-0.05, 0) is 17.2 Å². The number of aromatic nitrogens is 3. The molecule has 274 valence electrons. The summed E-state index contributed by atoms with van der Waals surface area (Å²) in [6.45, 7) is 0. The van der Waals surface area contributed by atoms with E-state index in [-0.39, 0.29) is 0 Å². The van der Waals surface area contributed by atoms with Crippen molar-refractivity contribution in [2.45, 2.75) is 0 Å². The Morgan fingerprint density at radius 3 is 1.43 bits per heavy atom. The van der Waals surface area contributed by atoms with E-state index < -0.39 is 7.14 Å². The van der Waals surface area contributed by atoms with Gasteiger partial charge in [0, 0.05) is 54.3 Å². The predicted octanol–water partition coefficient (Wildman–Crippen LogP) is 12.2. The summed E-state index contributed by atoms with van der Waals surface area (Å²) >= 11 is 0. The Kier molecular flexibility index (Phi) is 9.10. The van der Waals surface area contributed by atoms with Crippen LogP contribution in [0.3, 0.4) is 0 Å². The lowest BCUT2D eigenvalue weighted by atomic mass is 9.91.